The Morgan fingerprint density at radius 1 is 1.10 bits per heavy atom. The first-order valence-electron chi connectivity index (χ1n) is 9.74. The van der Waals surface area contributed by atoms with Crippen molar-refractivity contribution in [2.75, 3.05) is 6.61 Å². The van der Waals surface area contributed by atoms with Crippen molar-refractivity contribution in [1.29, 1.82) is 0 Å². The molecule has 0 heterocycles. The highest BCUT2D eigenvalue weighted by atomic mass is 79.9. The molecule has 9 heteroatoms. The lowest BCUT2D eigenvalue weighted by Crippen LogP contribution is -2.50. The molecule has 1 N–H and O–H groups in total. The van der Waals surface area contributed by atoms with E-state index in [2.05, 4.69) is 21.2 Å². The molecule has 0 saturated heterocycles. The van der Waals surface area contributed by atoms with Crippen LogP contribution in [0.25, 0.3) is 0 Å². The Kier molecular flexibility index (Phi) is 9.94. The van der Waals surface area contributed by atoms with Crippen molar-refractivity contribution in [2.24, 2.45) is 0 Å². The van der Waals surface area contributed by atoms with Gasteiger partial charge in [0.15, 0.2) is 6.61 Å². The van der Waals surface area contributed by atoms with E-state index in [4.69, 9.17) is 39.5 Å². The first-order valence-corrected chi connectivity index (χ1v) is 11.7. The molecule has 2 rings (SSSR count). The van der Waals surface area contributed by atoms with Gasteiger partial charge in [0.2, 0.25) is 5.91 Å². The highest BCUT2D eigenvalue weighted by Crippen LogP contribution is 2.28. The maximum absolute atomic E-state index is 13.1. The van der Waals surface area contributed by atoms with E-state index in [9.17, 15) is 9.59 Å². The number of carbonyl (C=O) groups is 2. The number of nitrogens with zero attached hydrogens (tertiary/aromatic N) is 1. The van der Waals surface area contributed by atoms with Gasteiger partial charge in [-0.2, -0.15) is 0 Å². The van der Waals surface area contributed by atoms with Gasteiger partial charge in [-0.25, -0.2) is 0 Å². The Morgan fingerprint density at radius 3 is 2.35 bits per heavy atom. The molecule has 0 radical (unpaired) electrons. The molecule has 2 amide bonds. The highest BCUT2D eigenvalue weighted by molar-refractivity contribution is 9.10. The summed E-state index contributed by atoms with van der Waals surface area (Å²) < 4.78 is 6.30. The molecule has 0 aliphatic carbocycles. The van der Waals surface area contributed by atoms with Gasteiger partial charge in [0.05, 0.1) is 4.47 Å². The third kappa shape index (κ3) is 7.56. The van der Waals surface area contributed by atoms with Gasteiger partial charge < -0.3 is 15.0 Å². The van der Waals surface area contributed by atoms with E-state index >= 15 is 0 Å². The lowest BCUT2D eigenvalue weighted by molar-refractivity contribution is -0.142. The van der Waals surface area contributed by atoms with E-state index in [0.717, 1.165) is 6.42 Å². The number of amides is 2. The number of hydrogen-bond acceptors (Lipinski definition) is 3. The molecule has 0 aliphatic rings. The fraction of sp³-hybridized carbons (Fsp3) is 0.364. The van der Waals surface area contributed by atoms with Crippen LogP contribution in [0.15, 0.2) is 40.9 Å². The summed E-state index contributed by atoms with van der Waals surface area (Å²) in [6.45, 7) is 5.44. The molecule has 0 bridgehead atoms. The van der Waals surface area contributed by atoms with E-state index in [1.165, 1.54) is 4.90 Å². The van der Waals surface area contributed by atoms with E-state index in [0.29, 0.717) is 30.9 Å². The molecule has 5 nitrogen and oxygen atoms in total. The summed E-state index contributed by atoms with van der Waals surface area (Å²) in [5.74, 6) is -0.140. The van der Waals surface area contributed by atoms with Gasteiger partial charge in [0, 0.05) is 27.7 Å². The molecule has 2 aromatic carbocycles. The van der Waals surface area contributed by atoms with Gasteiger partial charge in [-0.1, -0.05) is 47.8 Å². The zero-order valence-corrected chi connectivity index (χ0v) is 21.3. The molecule has 2 aromatic rings. The van der Waals surface area contributed by atoms with Crippen LogP contribution in [-0.2, 0) is 16.1 Å². The van der Waals surface area contributed by atoms with Crippen molar-refractivity contribution in [3.8, 4) is 5.75 Å². The summed E-state index contributed by atoms with van der Waals surface area (Å²) >= 11 is 21.6. The van der Waals surface area contributed by atoms with Crippen molar-refractivity contribution in [3.05, 3.63) is 61.5 Å². The molecule has 0 spiro atoms. The van der Waals surface area contributed by atoms with Crippen molar-refractivity contribution in [1.82, 2.24) is 10.2 Å². The molecule has 0 unspecified atom stereocenters. The van der Waals surface area contributed by atoms with Crippen molar-refractivity contribution in [3.63, 3.8) is 0 Å². The lowest BCUT2D eigenvalue weighted by Gasteiger charge is -2.30. The van der Waals surface area contributed by atoms with Crippen LogP contribution < -0.4 is 10.1 Å². The maximum Gasteiger partial charge on any atom is 0.261 e. The molecule has 31 heavy (non-hydrogen) atoms. The number of ether oxygens (including phenoxy) is 1. The average molecular weight is 551 g/mol. The fourth-order valence-corrected chi connectivity index (χ4v) is 3.96. The van der Waals surface area contributed by atoms with Gasteiger partial charge >= 0.3 is 0 Å². The van der Waals surface area contributed by atoms with Gasteiger partial charge in [-0.05, 0) is 72.1 Å². The summed E-state index contributed by atoms with van der Waals surface area (Å²) in [5.41, 5.74) is 0.676. The highest BCUT2D eigenvalue weighted by Gasteiger charge is 2.28. The van der Waals surface area contributed by atoms with Crippen LogP contribution in [0.3, 0.4) is 0 Å². The van der Waals surface area contributed by atoms with Gasteiger partial charge in [0.1, 0.15) is 11.8 Å². The molecular formula is C22H24BrCl3N2O3. The van der Waals surface area contributed by atoms with Crippen LogP contribution in [0.4, 0.5) is 0 Å². The number of halogens is 4. The van der Waals surface area contributed by atoms with Crippen LogP contribution in [0.2, 0.25) is 15.1 Å². The van der Waals surface area contributed by atoms with Crippen LogP contribution in [0.1, 0.15) is 32.8 Å². The second-order valence-electron chi connectivity index (χ2n) is 7.11. The first-order chi connectivity index (χ1) is 14.6. The van der Waals surface area contributed by atoms with Crippen LogP contribution >= 0.6 is 50.7 Å². The van der Waals surface area contributed by atoms with Crippen LogP contribution in [0, 0.1) is 0 Å². The predicted molar refractivity (Wildman–Crippen MR) is 129 cm³/mol. The molecule has 0 aliphatic heterocycles. The Balaban J connectivity index is 2.22. The SMILES string of the molecule is CC[C@@H](C)NC(=O)[C@H](C)N(Cc1ccc(Cl)cc1Cl)C(=O)COc1ccc(Cl)cc1Br. The number of hydrogen-bond donors (Lipinski definition) is 1. The van der Waals surface area contributed by atoms with Gasteiger partial charge in [0.25, 0.3) is 5.91 Å². The minimum atomic E-state index is -0.731. The molecule has 168 valence electrons. The molecular weight excluding hydrogens is 527 g/mol. The zero-order valence-electron chi connectivity index (χ0n) is 17.4. The Morgan fingerprint density at radius 2 is 1.74 bits per heavy atom. The van der Waals surface area contributed by atoms with Crippen molar-refractivity contribution < 1.29 is 14.3 Å². The van der Waals surface area contributed by atoms with Crippen LogP contribution in [0.5, 0.6) is 5.75 Å². The topological polar surface area (TPSA) is 58.6 Å². The quantitative estimate of drug-likeness (QED) is 0.409. The van der Waals surface area contributed by atoms with Crippen molar-refractivity contribution >= 4 is 62.5 Å². The fourth-order valence-electron chi connectivity index (χ4n) is 2.70. The molecule has 2 atom stereocenters. The summed E-state index contributed by atoms with van der Waals surface area (Å²) in [4.78, 5) is 27.3. The van der Waals surface area contributed by atoms with Gasteiger partial charge in [-0.15, -0.1) is 0 Å². The number of rotatable bonds is 9. The van der Waals surface area contributed by atoms with Crippen molar-refractivity contribution in [2.45, 2.75) is 45.8 Å². The number of carbonyl (C=O) groups excluding carboxylic acids is 2. The number of benzene rings is 2. The third-order valence-corrected chi connectivity index (χ3v) is 6.21. The Labute approximate surface area is 206 Å². The number of nitrogens with one attached hydrogen (secondary N) is 1. The molecule has 0 fully saturated rings. The summed E-state index contributed by atoms with van der Waals surface area (Å²) in [6.07, 6.45) is 0.781. The molecule has 0 saturated carbocycles. The second-order valence-corrected chi connectivity index (χ2v) is 9.25. The lowest BCUT2D eigenvalue weighted by atomic mass is 10.1. The Bertz CT molecular complexity index is 942. The standard InChI is InChI=1S/C22H24BrCl3N2O3/c1-4-13(2)27-22(30)14(3)28(11-15-5-6-17(25)10-19(15)26)21(29)12-31-20-8-7-16(24)9-18(20)23/h5-10,13-14H,4,11-12H2,1-3H3,(H,27,30)/t13-,14+/m1/s1. The summed E-state index contributed by atoms with van der Waals surface area (Å²) in [6, 6.07) is 9.30. The monoisotopic (exact) mass is 548 g/mol. The minimum Gasteiger partial charge on any atom is -0.483 e. The summed E-state index contributed by atoms with van der Waals surface area (Å²) in [5, 5.41) is 4.36. The Hall–Kier alpha value is -1.47. The zero-order chi connectivity index (χ0) is 23.1. The van der Waals surface area contributed by atoms with E-state index < -0.39 is 6.04 Å². The smallest absolute Gasteiger partial charge is 0.261 e. The van der Waals surface area contributed by atoms with E-state index in [1.54, 1.807) is 43.3 Å². The first kappa shape index (κ1) is 25.8. The third-order valence-electron chi connectivity index (χ3n) is 4.77. The maximum atomic E-state index is 13.1. The van der Waals surface area contributed by atoms with E-state index in [-0.39, 0.29) is 31.0 Å². The predicted octanol–water partition coefficient (Wildman–Crippen LogP) is 6.12. The normalized spacial score (nSPS) is 12.7. The average Bonchev–Trinajstić information content (AvgIpc) is 2.71. The summed E-state index contributed by atoms with van der Waals surface area (Å²) in [7, 11) is 0. The second kappa shape index (κ2) is 12.0. The van der Waals surface area contributed by atoms with Gasteiger partial charge in [-0.3, -0.25) is 9.59 Å². The van der Waals surface area contributed by atoms with Crippen LogP contribution in [-0.4, -0.2) is 35.4 Å². The minimum absolute atomic E-state index is 0.00713. The van der Waals surface area contributed by atoms with E-state index in [1.807, 2.05) is 13.8 Å². The largest absolute Gasteiger partial charge is 0.483 e. The molecule has 0 aromatic heterocycles.